The number of amides is 2. The molecule has 1 aliphatic rings. The van der Waals surface area contributed by atoms with Crippen LogP contribution in [-0.4, -0.2) is 16.8 Å². The molecule has 1 aromatic carbocycles. The lowest BCUT2D eigenvalue weighted by atomic mass is 10.2. The maximum atomic E-state index is 11.2. The largest absolute Gasteiger partial charge is 0.273 e. The molecule has 78 valence electrons. The molecule has 0 spiro atoms. The fourth-order valence-electron chi connectivity index (χ4n) is 1.52. The molecule has 0 bridgehead atoms. The van der Waals surface area contributed by atoms with E-state index in [0.717, 1.165) is 10.6 Å². The normalized spacial score (nSPS) is 16.1. The molecule has 1 aromatic rings. The molecule has 0 atom stereocenters. The number of hydrogen-bond acceptors (Lipinski definition) is 3. The molecule has 1 heterocycles. The Morgan fingerprint density at radius 3 is 2.27 bits per heavy atom. The van der Waals surface area contributed by atoms with E-state index in [0.29, 0.717) is 19.4 Å². The molecule has 4 heteroatoms. The van der Waals surface area contributed by atoms with E-state index in [1.54, 1.807) is 0 Å². The van der Waals surface area contributed by atoms with Gasteiger partial charge in [0.25, 0.3) is 0 Å². The smallest absolute Gasteiger partial charge is 0.244 e. The highest BCUT2D eigenvalue weighted by molar-refractivity contribution is 6.01. The number of hydrazine groups is 1. The summed E-state index contributed by atoms with van der Waals surface area (Å²) < 4.78 is 0. The molecule has 1 fully saturated rings. The fourth-order valence-corrected chi connectivity index (χ4v) is 1.52. The van der Waals surface area contributed by atoms with E-state index in [4.69, 9.17) is 0 Å². The van der Waals surface area contributed by atoms with E-state index in [9.17, 15) is 9.59 Å². The van der Waals surface area contributed by atoms with Gasteiger partial charge in [0.05, 0.1) is 0 Å². The molecular formula is C11H12N2O2. The van der Waals surface area contributed by atoms with Crippen molar-refractivity contribution in [2.24, 2.45) is 0 Å². The number of hydrogen-bond donors (Lipinski definition) is 1. The van der Waals surface area contributed by atoms with Crippen LogP contribution >= 0.6 is 0 Å². The number of rotatable bonds is 3. The molecule has 0 aliphatic carbocycles. The maximum absolute atomic E-state index is 11.2. The van der Waals surface area contributed by atoms with Gasteiger partial charge in [0.2, 0.25) is 11.8 Å². The highest BCUT2D eigenvalue weighted by Crippen LogP contribution is 2.09. The van der Waals surface area contributed by atoms with Gasteiger partial charge in [-0.3, -0.25) is 9.59 Å². The Kier molecular flexibility index (Phi) is 2.78. The zero-order valence-electron chi connectivity index (χ0n) is 8.27. The summed E-state index contributed by atoms with van der Waals surface area (Å²) >= 11 is 0. The third kappa shape index (κ3) is 2.22. The maximum Gasteiger partial charge on any atom is 0.244 e. The van der Waals surface area contributed by atoms with E-state index in [1.807, 2.05) is 30.3 Å². The second-order valence-corrected chi connectivity index (χ2v) is 3.44. The van der Waals surface area contributed by atoms with Crippen molar-refractivity contribution in [3.05, 3.63) is 35.9 Å². The SMILES string of the molecule is O=C1CCC(=O)N1NCc1ccccc1. The zero-order chi connectivity index (χ0) is 10.7. The standard InChI is InChI=1S/C11H12N2O2/c14-10-6-7-11(15)13(10)12-8-9-4-2-1-3-5-9/h1-5,12H,6-8H2. The van der Waals surface area contributed by atoms with Crippen molar-refractivity contribution in [1.29, 1.82) is 0 Å². The highest BCUT2D eigenvalue weighted by atomic mass is 16.2. The van der Waals surface area contributed by atoms with Crippen LogP contribution in [0.15, 0.2) is 30.3 Å². The van der Waals surface area contributed by atoms with Gasteiger partial charge >= 0.3 is 0 Å². The molecule has 15 heavy (non-hydrogen) atoms. The summed E-state index contributed by atoms with van der Waals surface area (Å²) in [5, 5.41) is 1.12. The first-order chi connectivity index (χ1) is 7.27. The summed E-state index contributed by atoms with van der Waals surface area (Å²) in [6, 6.07) is 9.65. The van der Waals surface area contributed by atoms with Crippen LogP contribution in [0.1, 0.15) is 18.4 Å². The van der Waals surface area contributed by atoms with Gasteiger partial charge in [-0.05, 0) is 5.56 Å². The summed E-state index contributed by atoms with van der Waals surface area (Å²) in [6.45, 7) is 0.498. The fraction of sp³-hybridized carbons (Fsp3) is 0.273. The second-order valence-electron chi connectivity index (χ2n) is 3.44. The van der Waals surface area contributed by atoms with Crippen LogP contribution in [-0.2, 0) is 16.1 Å². The van der Waals surface area contributed by atoms with E-state index in [2.05, 4.69) is 5.43 Å². The molecule has 0 saturated carbocycles. The quantitative estimate of drug-likeness (QED) is 0.742. The average Bonchev–Trinajstić information content (AvgIpc) is 2.58. The number of nitrogens with one attached hydrogen (secondary N) is 1. The van der Waals surface area contributed by atoms with E-state index in [-0.39, 0.29) is 11.8 Å². The van der Waals surface area contributed by atoms with Gasteiger partial charge in [-0.1, -0.05) is 30.3 Å². The molecule has 0 radical (unpaired) electrons. The van der Waals surface area contributed by atoms with Crippen LogP contribution < -0.4 is 5.43 Å². The minimum absolute atomic E-state index is 0.143. The molecule has 1 N–H and O–H groups in total. The van der Waals surface area contributed by atoms with Gasteiger partial charge < -0.3 is 0 Å². The molecule has 2 amide bonds. The highest BCUT2D eigenvalue weighted by Gasteiger charge is 2.28. The molecule has 0 unspecified atom stereocenters. The minimum Gasteiger partial charge on any atom is -0.273 e. The van der Waals surface area contributed by atoms with Crippen molar-refractivity contribution >= 4 is 11.8 Å². The topological polar surface area (TPSA) is 49.4 Å². The lowest BCUT2D eigenvalue weighted by Crippen LogP contribution is -2.41. The van der Waals surface area contributed by atoms with Crippen molar-refractivity contribution < 1.29 is 9.59 Å². The number of carbonyl (C=O) groups is 2. The lowest BCUT2D eigenvalue weighted by molar-refractivity contribution is -0.142. The van der Waals surface area contributed by atoms with Crippen LogP contribution in [0.3, 0.4) is 0 Å². The first-order valence-electron chi connectivity index (χ1n) is 4.90. The summed E-state index contributed by atoms with van der Waals surface area (Å²) in [5.74, 6) is -0.285. The molecular weight excluding hydrogens is 192 g/mol. The second kappa shape index (κ2) is 4.23. The third-order valence-electron chi connectivity index (χ3n) is 2.34. The Balaban J connectivity index is 1.93. The summed E-state index contributed by atoms with van der Waals surface area (Å²) in [6.07, 6.45) is 0.640. The Hall–Kier alpha value is -1.68. The van der Waals surface area contributed by atoms with Crippen LogP contribution in [0, 0.1) is 0 Å². The van der Waals surface area contributed by atoms with E-state index >= 15 is 0 Å². The van der Waals surface area contributed by atoms with Gasteiger partial charge in [0.1, 0.15) is 0 Å². The Morgan fingerprint density at radius 2 is 1.67 bits per heavy atom. The molecule has 2 rings (SSSR count). The zero-order valence-corrected chi connectivity index (χ0v) is 8.27. The van der Waals surface area contributed by atoms with Gasteiger partial charge in [-0.2, -0.15) is 0 Å². The van der Waals surface area contributed by atoms with Crippen molar-refractivity contribution in [1.82, 2.24) is 10.4 Å². The Morgan fingerprint density at radius 1 is 1.07 bits per heavy atom. The number of benzene rings is 1. The van der Waals surface area contributed by atoms with Crippen molar-refractivity contribution in [2.75, 3.05) is 0 Å². The van der Waals surface area contributed by atoms with Crippen molar-refractivity contribution in [3.8, 4) is 0 Å². The van der Waals surface area contributed by atoms with Crippen LogP contribution in [0.2, 0.25) is 0 Å². The average molecular weight is 204 g/mol. The first-order valence-corrected chi connectivity index (χ1v) is 4.90. The minimum atomic E-state index is -0.143. The predicted octanol–water partition coefficient (Wildman–Crippen LogP) is 0.840. The van der Waals surface area contributed by atoms with Crippen LogP contribution in [0.5, 0.6) is 0 Å². The Labute approximate surface area is 87.9 Å². The monoisotopic (exact) mass is 204 g/mol. The third-order valence-corrected chi connectivity index (χ3v) is 2.34. The van der Waals surface area contributed by atoms with Gasteiger partial charge in [-0.25, -0.2) is 10.4 Å². The summed E-state index contributed by atoms with van der Waals surface area (Å²) in [7, 11) is 0. The number of carbonyl (C=O) groups excluding carboxylic acids is 2. The summed E-state index contributed by atoms with van der Waals surface area (Å²) in [5.41, 5.74) is 3.88. The van der Waals surface area contributed by atoms with E-state index in [1.165, 1.54) is 0 Å². The Bertz CT molecular complexity index is 359. The van der Waals surface area contributed by atoms with Crippen LogP contribution in [0.4, 0.5) is 0 Å². The van der Waals surface area contributed by atoms with Gasteiger partial charge in [-0.15, -0.1) is 0 Å². The molecule has 4 nitrogen and oxygen atoms in total. The van der Waals surface area contributed by atoms with Gasteiger partial charge in [0, 0.05) is 19.4 Å². The lowest BCUT2D eigenvalue weighted by Gasteiger charge is -2.14. The van der Waals surface area contributed by atoms with E-state index < -0.39 is 0 Å². The molecule has 1 aliphatic heterocycles. The molecule has 0 aromatic heterocycles. The first kappa shape index (κ1) is 9.86. The van der Waals surface area contributed by atoms with Crippen LogP contribution in [0.25, 0.3) is 0 Å². The predicted molar refractivity (Wildman–Crippen MR) is 54.4 cm³/mol. The molecule has 1 saturated heterocycles. The summed E-state index contributed by atoms with van der Waals surface area (Å²) in [4.78, 5) is 22.5. The van der Waals surface area contributed by atoms with Gasteiger partial charge in [0.15, 0.2) is 0 Å². The van der Waals surface area contributed by atoms with Crippen molar-refractivity contribution in [3.63, 3.8) is 0 Å². The van der Waals surface area contributed by atoms with Crippen molar-refractivity contribution in [2.45, 2.75) is 19.4 Å². The number of nitrogens with zero attached hydrogens (tertiary/aromatic N) is 1. The number of imide groups is 1.